The van der Waals surface area contributed by atoms with Crippen molar-refractivity contribution in [3.8, 4) is 0 Å². The summed E-state index contributed by atoms with van der Waals surface area (Å²) in [6.45, 7) is 5.67. The number of carbonyl (C=O) groups is 2. The van der Waals surface area contributed by atoms with Gasteiger partial charge in [-0.25, -0.2) is 4.79 Å². The van der Waals surface area contributed by atoms with E-state index in [4.69, 9.17) is 8.92 Å². The minimum absolute atomic E-state index is 0.0119. The van der Waals surface area contributed by atoms with Crippen molar-refractivity contribution in [2.75, 3.05) is 19.5 Å². The maximum Gasteiger partial charge on any atom is 0.407 e. The molecule has 0 aliphatic heterocycles. The second-order valence-electron chi connectivity index (χ2n) is 7.56. The van der Waals surface area contributed by atoms with Crippen LogP contribution in [-0.4, -0.2) is 46.0 Å². The molecular weight excluding hydrogens is 386 g/mol. The fourth-order valence-electron chi connectivity index (χ4n) is 2.05. The van der Waals surface area contributed by atoms with Gasteiger partial charge in [0.1, 0.15) is 6.61 Å². The second kappa shape index (κ2) is 11.0. The molecular formula is C19H29NO7S. The monoisotopic (exact) mass is 415 g/mol. The SMILES string of the molecule is COC(=O)CC(CCS(=O)(=O)OCC(C)(C)C)NC(=O)OCc1ccccc1. The van der Waals surface area contributed by atoms with Gasteiger partial charge in [-0.2, -0.15) is 8.42 Å². The van der Waals surface area contributed by atoms with E-state index in [0.29, 0.717) is 0 Å². The van der Waals surface area contributed by atoms with Gasteiger partial charge in [0.25, 0.3) is 10.1 Å². The molecule has 0 radical (unpaired) electrons. The van der Waals surface area contributed by atoms with Crippen molar-refractivity contribution in [3.63, 3.8) is 0 Å². The Morgan fingerprint density at radius 1 is 1.14 bits per heavy atom. The van der Waals surface area contributed by atoms with E-state index >= 15 is 0 Å². The first-order valence-corrected chi connectivity index (χ1v) is 10.5. The molecule has 0 saturated carbocycles. The number of rotatable bonds is 10. The summed E-state index contributed by atoms with van der Waals surface area (Å²) in [5.41, 5.74) is 0.498. The molecule has 0 bridgehead atoms. The minimum atomic E-state index is -3.79. The van der Waals surface area contributed by atoms with Crippen molar-refractivity contribution in [2.24, 2.45) is 5.41 Å². The third kappa shape index (κ3) is 10.9. The largest absolute Gasteiger partial charge is 0.469 e. The van der Waals surface area contributed by atoms with Crippen LogP contribution in [0.4, 0.5) is 4.79 Å². The normalized spacial score (nSPS) is 12.9. The van der Waals surface area contributed by atoms with Crippen molar-refractivity contribution in [1.29, 1.82) is 0 Å². The molecule has 0 aliphatic carbocycles. The molecule has 1 amide bonds. The molecule has 28 heavy (non-hydrogen) atoms. The zero-order valence-electron chi connectivity index (χ0n) is 16.8. The van der Waals surface area contributed by atoms with Gasteiger partial charge in [0, 0.05) is 6.04 Å². The Morgan fingerprint density at radius 3 is 2.36 bits per heavy atom. The summed E-state index contributed by atoms with van der Waals surface area (Å²) in [6.07, 6.45) is -0.931. The number of carbonyl (C=O) groups excluding carboxylic acids is 2. The van der Waals surface area contributed by atoms with Crippen LogP contribution in [0, 0.1) is 5.41 Å². The predicted octanol–water partition coefficient (Wildman–Crippen LogP) is 2.63. The fourth-order valence-corrected chi connectivity index (χ4v) is 3.28. The molecule has 0 heterocycles. The number of ether oxygens (including phenoxy) is 2. The van der Waals surface area contributed by atoms with Crippen molar-refractivity contribution < 1.29 is 31.7 Å². The highest BCUT2D eigenvalue weighted by Gasteiger charge is 2.23. The van der Waals surface area contributed by atoms with Gasteiger partial charge in [0.2, 0.25) is 0 Å². The number of amides is 1. The van der Waals surface area contributed by atoms with E-state index in [0.717, 1.165) is 5.56 Å². The molecule has 158 valence electrons. The summed E-state index contributed by atoms with van der Waals surface area (Å²) in [5, 5.41) is 2.52. The Morgan fingerprint density at radius 2 is 1.79 bits per heavy atom. The number of methoxy groups -OCH3 is 1. The standard InChI is InChI=1S/C19H29NO7S/c1-19(2,3)14-27-28(23,24)11-10-16(12-17(21)25-4)20-18(22)26-13-15-8-6-5-7-9-15/h5-9,16H,10-14H2,1-4H3,(H,20,22). The third-order valence-corrected chi connectivity index (χ3v) is 4.78. The maximum absolute atomic E-state index is 12.1. The molecule has 1 rings (SSSR count). The molecule has 1 aromatic carbocycles. The van der Waals surface area contributed by atoms with Crippen molar-refractivity contribution in [1.82, 2.24) is 5.32 Å². The molecule has 1 aromatic rings. The Bertz CT molecular complexity index is 726. The van der Waals surface area contributed by atoms with Gasteiger partial charge in [-0.15, -0.1) is 0 Å². The molecule has 0 fully saturated rings. The zero-order valence-corrected chi connectivity index (χ0v) is 17.6. The highest BCUT2D eigenvalue weighted by Crippen LogP contribution is 2.15. The molecule has 0 saturated heterocycles. The molecule has 1 unspecified atom stereocenters. The van der Waals surface area contributed by atoms with Crippen molar-refractivity contribution in [2.45, 2.75) is 46.3 Å². The average molecular weight is 416 g/mol. The molecule has 0 aromatic heterocycles. The fraction of sp³-hybridized carbons (Fsp3) is 0.579. The van der Waals surface area contributed by atoms with Crippen LogP contribution < -0.4 is 5.32 Å². The quantitative estimate of drug-likeness (QED) is 0.462. The van der Waals surface area contributed by atoms with Crippen molar-refractivity contribution in [3.05, 3.63) is 35.9 Å². The van der Waals surface area contributed by atoms with Crippen LogP contribution in [0.25, 0.3) is 0 Å². The first kappa shape index (κ1) is 23.9. The summed E-state index contributed by atoms with van der Waals surface area (Å²) in [7, 11) is -2.57. The smallest absolute Gasteiger partial charge is 0.407 e. The molecule has 0 aliphatic rings. The van der Waals surface area contributed by atoms with Crippen LogP contribution in [0.2, 0.25) is 0 Å². The Balaban J connectivity index is 2.59. The number of esters is 1. The molecule has 9 heteroatoms. The maximum atomic E-state index is 12.1. The van der Waals surface area contributed by atoms with Gasteiger partial charge in [-0.3, -0.25) is 8.98 Å². The lowest BCUT2D eigenvalue weighted by Gasteiger charge is -2.20. The van der Waals surface area contributed by atoms with Gasteiger partial charge in [-0.1, -0.05) is 51.1 Å². The number of benzene rings is 1. The van der Waals surface area contributed by atoms with Crippen LogP contribution in [0.15, 0.2) is 30.3 Å². The lowest BCUT2D eigenvalue weighted by molar-refractivity contribution is -0.141. The average Bonchev–Trinajstić information content (AvgIpc) is 2.63. The lowest BCUT2D eigenvalue weighted by atomic mass is 9.99. The molecule has 1 atom stereocenters. The van der Waals surface area contributed by atoms with Crippen LogP contribution >= 0.6 is 0 Å². The molecule has 8 nitrogen and oxygen atoms in total. The lowest BCUT2D eigenvalue weighted by Crippen LogP contribution is -2.38. The van der Waals surface area contributed by atoms with Crippen LogP contribution in [0.3, 0.4) is 0 Å². The van der Waals surface area contributed by atoms with Gasteiger partial charge in [0.05, 0.1) is 25.9 Å². The van der Waals surface area contributed by atoms with E-state index in [1.54, 1.807) is 12.1 Å². The van der Waals surface area contributed by atoms with Gasteiger partial charge >= 0.3 is 12.1 Å². The van der Waals surface area contributed by atoms with E-state index < -0.39 is 28.2 Å². The summed E-state index contributed by atoms with van der Waals surface area (Å²) in [6, 6.07) is 8.33. The topological polar surface area (TPSA) is 108 Å². The van der Waals surface area contributed by atoms with Gasteiger partial charge < -0.3 is 14.8 Å². The number of alkyl carbamates (subject to hydrolysis) is 1. The van der Waals surface area contributed by atoms with Crippen LogP contribution in [-0.2, 0) is 35.2 Å². The minimum Gasteiger partial charge on any atom is -0.469 e. The zero-order chi connectivity index (χ0) is 21.2. The van der Waals surface area contributed by atoms with E-state index in [-0.39, 0.29) is 37.2 Å². The second-order valence-corrected chi connectivity index (χ2v) is 9.32. The number of hydrogen-bond donors (Lipinski definition) is 1. The van der Waals surface area contributed by atoms with Gasteiger partial charge in [-0.05, 0) is 17.4 Å². The van der Waals surface area contributed by atoms with E-state index in [2.05, 4.69) is 10.1 Å². The summed E-state index contributed by atoms with van der Waals surface area (Å²) in [4.78, 5) is 23.6. The predicted molar refractivity (Wildman–Crippen MR) is 104 cm³/mol. The summed E-state index contributed by atoms with van der Waals surface area (Å²) >= 11 is 0. The first-order valence-electron chi connectivity index (χ1n) is 8.92. The first-order chi connectivity index (χ1) is 13.0. The van der Waals surface area contributed by atoms with E-state index in [1.807, 2.05) is 39.0 Å². The highest BCUT2D eigenvalue weighted by molar-refractivity contribution is 7.86. The molecule has 1 N–H and O–H groups in total. The van der Waals surface area contributed by atoms with Crippen LogP contribution in [0.5, 0.6) is 0 Å². The number of hydrogen-bond acceptors (Lipinski definition) is 7. The Kier molecular flexibility index (Phi) is 9.40. The summed E-state index contributed by atoms with van der Waals surface area (Å²) < 4.78 is 38.8. The van der Waals surface area contributed by atoms with Crippen LogP contribution in [0.1, 0.15) is 39.2 Å². The summed E-state index contributed by atoms with van der Waals surface area (Å²) in [5.74, 6) is -0.912. The van der Waals surface area contributed by atoms with E-state index in [1.165, 1.54) is 7.11 Å². The Hall–Kier alpha value is -2.13. The van der Waals surface area contributed by atoms with Gasteiger partial charge in [0.15, 0.2) is 0 Å². The van der Waals surface area contributed by atoms with Crippen molar-refractivity contribution >= 4 is 22.2 Å². The number of nitrogens with one attached hydrogen (secondary N) is 1. The third-order valence-electron chi connectivity index (χ3n) is 3.56. The Labute approximate surface area is 166 Å². The highest BCUT2D eigenvalue weighted by atomic mass is 32.2. The van der Waals surface area contributed by atoms with E-state index in [9.17, 15) is 18.0 Å². The molecule has 0 spiro atoms.